The Hall–Kier alpha value is -2.71. The first-order valence-electron chi connectivity index (χ1n) is 9.84. The van der Waals surface area contributed by atoms with Gasteiger partial charge in [0.25, 0.3) is 5.91 Å². The van der Waals surface area contributed by atoms with Gasteiger partial charge in [-0.05, 0) is 50.1 Å². The second-order valence-corrected chi connectivity index (χ2v) is 9.60. The summed E-state index contributed by atoms with van der Waals surface area (Å²) in [7, 11) is -3.75. The lowest BCUT2D eigenvalue weighted by molar-refractivity contribution is -0.129. The van der Waals surface area contributed by atoms with Crippen LogP contribution in [-0.4, -0.2) is 55.6 Å². The largest absolute Gasteiger partial charge is 0.340 e. The van der Waals surface area contributed by atoms with Crippen LogP contribution in [0.1, 0.15) is 34.0 Å². The summed E-state index contributed by atoms with van der Waals surface area (Å²) in [6, 6.07) is 10.0. The Morgan fingerprint density at radius 2 is 1.53 bits per heavy atom. The van der Waals surface area contributed by atoms with Crippen LogP contribution in [0.2, 0.25) is 0 Å². The summed E-state index contributed by atoms with van der Waals surface area (Å²) in [6.07, 6.45) is 0. The van der Waals surface area contributed by atoms with E-state index in [2.05, 4.69) is 5.32 Å². The van der Waals surface area contributed by atoms with Crippen molar-refractivity contribution in [3.63, 3.8) is 0 Å². The highest BCUT2D eigenvalue weighted by Crippen LogP contribution is 2.24. The zero-order valence-corrected chi connectivity index (χ0v) is 18.5. The summed E-state index contributed by atoms with van der Waals surface area (Å²) >= 11 is 0. The van der Waals surface area contributed by atoms with E-state index in [1.165, 1.54) is 23.4 Å². The summed E-state index contributed by atoms with van der Waals surface area (Å²) in [5.41, 5.74) is 4.03. The number of sulfonamides is 1. The molecule has 0 unspecified atom stereocenters. The lowest BCUT2D eigenvalue weighted by atomic mass is 10.0. The Morgan fingerprint density at radius 1 is 0.933 bits per heavy atom. The fraction of sp³-hybridized carbons (Fsp3) is 0.364. The first kappa shape index (κ1) is 22.0. The standard InChI is InChI=1S/C22H27N3O4S/c1-15-12-16(2)21(17(3)13-15)23-22(27)19-6-5-7-20(14-19)30(28,29)25-10-8-24(9-11-25)18(4)26/h5-7,12-14H,8-11H2,1-4H3,(H,23,27). The highest BCUT2D eigenvalue weighted by Gasteiger charge is 2.29. The smallest absolute Gasteiger partial charge is 0.255 e. The molecule has 1 fully saturated rings. The van der Waals surface area contributed by atoms with Gasteiger partial charge in [0.1, 0.15) is 0 Å². The molecule has 1 saturated heterocycles. The number of piperazine rings is 1. The van der Waals surface area contributed by atoms with Crippen molar-refractivity contribution in [3.8, 4) is 0 Å². The molecular formula is C22H27N3O4S. The van der Waals surface area contributed by atoms with Gasteiger partial charge in [0, 0.05) is 44.4 Å². The lowest BCUT2D eigenvalue weighted by Gasteiger charge is -2.33. The normalized spacial score (nSPS) is 15.1. The third-order valence-corrected chi connectivity index (χ3v) is 7.23. The van der Waals surface area contributed by atoms with Crippen LogP contribution in [-0.2, 0) is 14.8 Å². The van der Waals surface area contributed by atoms with Gasteiger partial charge in [0.05, 0.1) is 4.90 Å². The van der Waals surface area contributed by atoms with Crippen molar-refractivity contribution in [1.29, 1.82) is 0 Å². The average molecular weight is 430 g/mol. The lowest BCUT2D eigenvalue weighted by Crippen LogP contribution is -2.49. The van der Waals surface area contributed by atoms with Crippen LogP contribution < -0.4 is 5.32 Å². The molecule has 2 amide bonds. The van der Waals surface area contributed by atoms with E-state index in [0.29, 0.717) is 13.1 Å². The molecule has 1 aliphatic heterocycles. The van der Waals surface area contributed by atoms with Crippen LogP contribution in [0.4, 0.5) is 5.69 Å². The average Bonchev–Trinajstić information content (AvgIpc) is 2.70. The van der Waals surface area contributed by atoms with Gasteiger partial charge < -0.3 is 10.2 Å². The number of amides is 2. The molecule has 0 aromatic heterocycles. The van der Waals surface area contributed by atoms with Crippen molar-refractivity contribution in [2.24, 2.45) is 0 Å². The molecule has 2 aromatic carbocycles. The van der Waals surface area contributed by atoms with Crippen LogP contribution in [0.25, 0.3) is 0 Å². The monoisotopic (exact) mass is 429 g/mol. The third kappa shape index (κ3) is 4.55. The van der Waals surface area contributed by atoms with E-state index in [9.17, 15) is 18.0 Å². The Bertz CT molecular complexity index is 1060. The number of carbonyl (C=O) groups excluding carboxylic acids is 2. The molecule has 2 aromatic rings. The van der Waals surface area contributed by atoms with Crippen LogP contribution in [0, 0.1) is 20.8 Å². The van der Waals surface area contributed by atoms with Gasteiger partial charge >= 0.3 is 0 Å². The molecular weight excluding hydrogens is 402 g/mol. The van der Waals surface area contributed by atoms with Crippen LogP contribution >= 0.6 is 0 Å². The zero-order chi connectivity index (χ0) is 22.1. The van der Waals surface area contributed by atoms with Gasteiger partial charge in [-0.1, -0.05) is 23.8 Å². The van der Waals surface area contributed by atoms with E-state index in [1.54, 1.807) is 17.0 Å². The number of nitrogens with zero attached hydrogens (tertiary/aromatic N) is 2. The van der Waals surface area contributed by atoms with E-state index < -0.39 is 10.0 Å². The molecule has 0 radical (unpaired) electrons. The Labute approximate surface area is 177 Å². The van der Waals surface area contributed by atoms with Crippen LogP contribution in [0.15, 0.2) is 41.3 Å². The van der Waals surface area contributed by atoms with Gasteiger partial charge in [-0.3, -0.25) is 9.59 Å². The molecule has 160 valence electrons. The summed E-state index contributed by atoms with van der Waals surface area (Å²) in [4.78, 5) is 26.0. The highest BCUT2D eigenvalue weighted by atomic mass is 32.2. The van der Waals surface area contributed by atoms with Gasteiger partial charge in [0.2, 0.25) is 15.9 Å². The number of nitrogens with one attached hydrogen (secondary N) is 1. The second-order valence-electron chi connectivity index (χ2n) is 7.67. The minimum Gasteiger partial charge on any atom is -0.340 e. The number of hydrogen-bond acceptors (Lipinski definition) is 4. The quantitative estimate of drug-likeness (QED) is 0.810. The van der Waals surface area contributed by atoms with Gasteiger partial charge in [0.15, 0.2) is 0 Å². The number of carbonyl (C=O) groups is 2. The molecule has 8 heteroatoms. The van der Waals surface area contributed by atoms with E-state index in [0.717, 1.165) is 22.4 Å². The topological polar surface area (TPSA) is 86.8 Å². The van der Waals surface area contributed by atoms with Gasteiger partial charge in [-0.15, -0.1) is 0 Å². The number of anilines is 1. The summed E-state index contributed by atoms with van der Waals surface area (Å²) in [5, 5.41) is 2.91. The number of aryl methyl sites for hydroxylation is 3. The van der Waals surface area contributed by atoms with Crippen LogP contribution in [0.5, 0.6) is 0 Å². The molecule has 0 bridgehead atoms. The van der Waals surface area contributed by atoms with E-state index in [1.807, 2.05) is 32.9 Å². The molecule has 1 aliphatic rings. The maximum atomic E-state index is 13.0. The van der Waals surface area contributed by atoms with Crippen molar-refractivity contribution in [2.45, 2.75) is 32.6 Å². The highest BCUT2D eigenvalue weighted by molar-refractivity contribution is 7.89. The van der Waals surface area contributed by atoms with Gasteiger partial charge in [-0.25, -0.2) is 8.42 Å². The fourth-order valence-electron chi connectivity index (χ4n) is 3.75. The third-order valence-electron chi connectivity index (χ3n) is 5.33. The number of rotatable bonds is 4. The summed E-state index contributed by atoms with van der Waals surface area (Å²) in [6.45, 7) is 8.52. The Balaban J connectivity index is 1.80. The SMILES string of the molecule is CC(=O)N1CCN(S(=O)(=O)c2cccc(C(=O)Nc3c(C)cc(C)cc3C)c2)CC1. The zero-order valence-electron chi connectivity index (χ0n) is 17.7. The minimum atomic E-state index is -3.75. The molecule has 0 atom stereocenters. The van der Waals surface area contributed by atoms with Crippen molar-refractivity contribution in [3.05, 3.63) is 58.7 Å². The maximum absolute atomic E-state index is 13.0. The van der Waals surface area contributed by atoms with E-state index >= 15 is 0 Å². The fourth-order valence-corrected chi connectivity index (χ4v) is 5.22. The number of benzene rings is 2. The second kappa shape index (κ2) is 8.57. The minimum absolute atomic E-state index is 0.0626. The molecule has 0 aliphatic carbocycles. The molecule has 1 heterocycles. The van der Waals surface area contributed by atoms with Gasteiger partial charge in [-0.2, -0.15) is 4.31 Å². The molecule has 0 spiro atoms. The van der Waals surface area contributed by atoms with Crippen molar-refractivity contribution < 1.29 is 18.0 Å². The predicted octanol–water partition coefficient (Wildman–Crippen LogP) is 2.72. The molecule has 7 nitrogen and oxygen atoms in total. The molecule has 30 heavy (non-hydrogen) atoms. The Kier molecular flexibility index (Phi) is 6.28. The summed E-state index contributed by atoms with van der Waals surface area (Å²) < 4.78 is 27.4. The van der Waals surface area contributed by atoms with Crippen molar-refractivity contribution in [1.82, 2.24) is 9.21 Å². The molecule has 1 N–H and O–H groups in total. The number of hydrogen-bond donors (Lipinski definition) is 1. The van der Waals surface area contributed by atoms with Crippen LogP contribution in [0.3, 0.4) is 0 Å². The van der Waals surface area contributed by atoms with E-state index in [-0.39, 0.29) is 35.4 Å². The maximum Gasteiger partial charge on any atom is 0.255 e. The molecule has 0 saturated carbocycles. The first-order valence-corrected chi connectivity index (χ1v) is 11.3. The Morgan fingerprint density at radius 3 is 2.10 bits per heavy atom. The van der Waals surface area contributed by atoms with Crippen molar-refractivity contribution in [2.75, 3.05) is 31.5 Å². The van der Waals surface area contributed by atoms with E-state index in [4.69, 9.17) is 0 Å². The van der Waals surface area contributed by atoms with Crippen molar-refractivity contribution >= 4 is 27.5 Å². The first-order chi connectivity index (χ1) is 14.1. The molecule has 3 rings (SSSR count). The predicted molar refractivity (Wildman–Crippen MR) is 116 cm³/mol. The summed E-state index contributed by atoms with van der Waals surface area (Å²) in [5.74, 6) is -0.420.